The third kappa shape index (κ3) is 166. The number of hydrogen-bond donors (Lipinski definition) is 0. The van der Waals surface area contributed by atoms with Crippen molar-refractivity contribution in [1.82, 2.24) is 0 Å². The van der Waals surface area contributed by atoms with E-state index in [4.69, 9.17) is 17.5 Å². The summed E-state index contributed by atoms with van der Waals surface area (Å²) in [5, 5.41) is 0. The molecular weight excluding hydrogens is 343 g/mol. The average Bonchev–Trinajstić information content (AvgIpc) is 0.722. The molecular formula is IrMnO4S+3. The van der Waals surface area contributed by atoms with Gasteiger partial charge in [-0.15, -0.1) is 0 Å². The zero-order valence-electron chi connectivity index (χ0n) is 2.75. The molecule has 0 atom stereocenters. The fourth-order valence-electron chi connectivity index (χ4n) is 0. The van der Waals surface area contributed by atoms with Gasteiger partial charge in [-0.25, -0.2) is 0 Å². The molecule has 0 saturated carbocycles. The largest absolute Gasteiger partial charge is 3.00 e. The van der Waals surface area contributed by atoms with E-state index in [9.17, 15) is 0 Å². The molecule has 0 aliphatic rings. The van der Waals surface area contributed by atoms with Gasteiger partial charge in [-0.05, 0) is 0 Å². The van der Waals surface area contributed by atoms with Crippen LogP contribution in [0.1, 0.15) is 0 Å². The molecule has 1 radical (unpaired) electrons. The molecule has 0 fully saturated rings. The standard InChI is InChI=1S/Ir.Mn.H2O4S/c;;1-5(2,3)4/h;;(H2,1,2,3,4)/q+3;+2;/p-2. The molecule has 0 N–H and O–H groups in total. The quantitative estimate of drug-likeness (QED) is 0.310. The Hall–Kier alpha value is 1.04. The van der Waals surface area contributed by atoms with Gasteiger partial charge in [-0.2, -0.15) is 0 Å². The Kier molecular flexibility index (Phi) is 11.6. The van der Waals surface area contributed by atoms with E-state index in [2.05, 4.69) is 0 Å². The molecule has 0 spiro atoms. The molecule has 0 aromatic rings. The van der Waals surface area contributed by atoms with E-state index >= 15 is 0 Å². The molecule has 0 aromatic carbocycles. The monoisotopic (exact) mass is 344 g/mol. The van der Waals surface area contributed by atoms with Crippen molar-refractivity contribution in [2.24, 2.45) is 0 Å². The van der Waals surface area contributed by atoms with Crippen molar-refractivity contribution in [1.29, 1.82) is 0 Å². The minimum Gasteiger partial charge on any atom is -0.759 e. The average molecular weight is 343 g/mol. The van der Waals surface area contributed by atoms with Gasteiger partial charge in [0, 0.05) is 10.4 Å². The maximum Gasteiger partial charge on any atom is 3.00 e. The Morgan fingerprint density at radius 3 is 1.14 bits per heavy atom. The Morgan fingerprint density at radius 1 is 1.14 bits per heavy atom. The van der Waals surface area contributed by atoms with Gasteiger partial charge in [0.05, 0.1) is 0 Å². The smallest absolute Gasteiger partial charge is 0.759 e. The predicted molar refractivity (Wildman–Crippen MR) is 10.5 cm³/mol. The van der Waals surface area contributed by atoms with E-state index in [1.54, 1.807) is 0 Å². The zero-order valence-corrected chi connectivity index (χ0v) is 7.14. The molecule has 0 aliphatic heterocycles. The van der Waals surface area contributed by atoms with Crippen LogP contribution in [0, 0.1) is 0 Å². The molecule has 7 heavy (non-hydrogen) atoms. The summed E-state index contributed by atoms with van der Waals surface area (Å²) in [6, 6.07) is 0. The number of hydrogen-bond acceptors (Lipinski definition) is 4. The van der Waals surface area contributed by atoms with Crippen molar-refractivity contribution in [3.63, 3.8) is 0 Å². The van der Waals surface area contributed by atoms with Crippen molar-refractivity contribution >= 4 is 10.4 Å². The molecule has 7 heteroatoms. The first-order valence-electron chi connectivity index (χ1n) is 0.667. The van der Waals surface area contributed by atoms with Crippen LogP contribution in [0.4, 0.5) is 0 Å². The normalized spacial score (nSPS) is 8.29. The van der Waals surface area contributed by atoms with Crippen LogP contribution in [-0.2, 0) is 47.6 Å². The summed E-state index contributed by atoms with van der Waals surface area (Å²) in [5.41, 5.74) is 0. The topological polar surface area (TPSA) is 80.3 Å². The van der Waals surface area contributed by atoms with E-state index in [-0.39, 0.29) is 37.2 Å². The van der Waals surface area contributed by atoms with Crippen molar-refractivity contribution < 1.29 is 54.7 Å². The van der Waals surface area contributed by atoms with Crippen molar-refractivity contribution in [3.8, 4) is 0 Å². The summed E-state index contributed by atoms with van der Waals surface area (Å²) in [7, 11) is -5.17. The van der Waals surface area contributed by atoms with Crippen LogP contribution in [-0.4, -0.2) is 17.5 Å². The van der Waals surface area contributed by atoms with Gasteiger partial charge < -0.3 is 9.11 Å². The second-order valence-corrected chi connectivity index (χ2v) is 1.22. The van der Waals surface area contributed by atoms with Crippen LogP contribution >= 0.6 is 0 Å². The molecule has 0 saturated heterocycles. The molecule has 43 valence electrons. The van der Waals surface area contributed by atoms with E-state index in [0.29, 0.717) is 0 Å². The molecule has 0 rings (SSSR count). The first-order chi connectivity index (χ1) is 2.00. The third-order valence-corrected chi connectivity index (χ3v) is 0. The fraction of sp³-hybridized carbons (Fsp3) is 0. The van der Waals surface area contributed by atoms with Crippen LogP contribution in [0.25, 0.3) is 0 Å². The summed E-state index contributed by atoms with van der Waals surface area (Å²) in [4.78, 5) is 0. The van der Waals surface area contributed by atoms with Gasteiger partial charge in [-0.1, -0.05) is 0 Å². The summed E-state index contributed by atoms with van der Waals surface area (Å²) >= 11 is 0. The number of rotatable bonds is 0. The Morgan fingerprint density at radius 2 is 1.14 bits per heavy atom. The minimum absolute atomic E-state index is 0. The minimum atomic E-state index is -5.17. The Labute approximate surface area is 65.1 Å². The van der Waals surface area contributed by atoms with Gasteiger partial charge >= 0.3 is 37.2 Å². The van der Waals surface area contributed by atoms with Crippen LogP contribution < -0.4 is 0 Å². The Balaban J connectivity index is -0.0000000800. The van der Waals surface area contributed by atoms with Crippen LogP contribution in [0.3, 0.4) is 0 Å². The van der Waals surface area contributed by atoms with Crippen LogP contribution in [0.15, 0.2) is 0 Å². The molecule has 0 amide bonds. The van der Waals surface area contributed by atoms with E-state index in [1.165, 1.54) is 0 Å². The van der Waals surface area contributed by atoms with Crippen LogP contribution in [0.5, 0.6) is 0 Å². The molecule has 0 heterocycles. The van der Waals surface area contributed by atoms with E-state index < -0.39 is 10.4 Å². The van der Waals surface area contributed by atoms with Crippen molar-refractivity contribution in [2.45, 2.75) is 0 Å². The fourth-order valence-corrected chi connectivity index (χ4v) is 0. The van der Waals surface area contributed by atoms with Gasteiger partial charge in [0.25, 0.3) is 0 Å². The molecule has 0 bridgehead atoms. The Bertz CT molecular complexity index is 94.9. The molecule has 0 aromatic heterocycles. The maximum absolute atomic E-state index is 8.52. The molecule has 0 aliphatic carbocycles. The zero-order chi connectivity index (χ0) is 4.50. The van der Waals surface area contributed by atoms with Crippen LogP contribution in [0.2, 0.25) is 0 Å². The molecule has 4 nitrogen and oxygen atoms in total. The second-order valence-electron chi connectivity index (χ2n) is 0.408. The summed E-state index contributed by atoms with van der Waals surface area (Å²) < 4.78 is 34.1. The second kappa shape index (κ2) is 5.18. The predicted octanol–water partition coefficient (Wildman–Crippen LogP) is -1.34. The van der Waals surface area contributed by atoms with Gasteiger partial charge in [0.15, 0.2) is 0 Å². The first-order valence-corrected chi connectivity index (χ1v) is 2.00. The summed E-state index contributed by atoms with van der Waals surface area (Å²) in [6.07, 6.45) is 0. The summed E-state index contributed by atoms with van der Waals surface area (Å²) in [6.45, 7) is 0. The van der Waals surface area contributed by atoms with Gasteiger partial charge in [0.1, 0.15) is 0 Å². The third-order valence-electron chi connectivity index (χ3n) is 0. The SMILES string of the molecule is O=S(=O)([O-])[O-].[Ir+3].[Mn+2]. The van der Waals surface area contributed by atoms with Crippen molar-refractivity contribution in [3.05, 3.63) is 0 Å². The van der Waals surface area contributed by atoms with Crippen molar-refractivity contribution in [2.75, 3.05) is 0 Å². The molecule has 0 unspecified atom stereocenters. The summed E-state index contributed by atoms with van der Waals surface area (Å²) in [5.74, 6) is 0. The van der Waals surface area contributed by atoms with Gasteiger partial charge in [-0.3, -0.25) is 8.42 Å². The van der Waals surface area contributed by atoms with E-state index in [1.807, 2.05) is 0 Å². The first kappa shape index (κ1) is 15.7. The van der Waals surface area contributed by atoms with E-state index in [0.717, 1.165) is 0 Å². The van der Waals surface area contributed by atoms with Gasteiger partial charge in [0.2, 0.25) is 0 Å². The maximum atomic E-state index is 8.52.